The molecule has 4 rings (SSSR count). The largest absolute Gasteiger partial charge is 0.463 e. The summed E-state index contributed by atoms with van der Waals surface area (Å²) in [5.74, 6) is -3.93. The van der Waals surface area contributed by atoms with Gasteiger partial charge in [0.2, 0.25) is 11.7 Å². The molecule has 1 spiro atoms. The number of Topliss-reactive ketones (excluding diaryl/α,β-unsaturated/α-hetero) is 1. The summed E-state index contributed by atoms with van der Waals surface area (Å²) >= 11 is 0. The monoisotopic (exact) mass is 421 g/mol. The molecule has 7 heteroatoms. The zero-order chi connectivity index (χ0) is 22.6. The fourth-order valence-corrected chi connectivity index (χ4v) is 4.61. The molecule has 0 bridgehead atoms. The topological polar surface area (TPSA) is 90.0 Å². The number of imide groups is 1. The first kappa shape index (κ1) is 20.8. The minimum atomic E-state index is -1.36. The van der Waals surface area contributed by atoms with Crippen molar-refractivity contribution in [2.75, 3.05) is 12.0 Å². The third-order valence-corrected chi connectivity index (χ3v) is 5.76. The van der Waals surface area contributed by atoms with Crippen molar-refractivity contribution in [3.05, 3.63) is 65.7 Å². The lowest BCUT2D eigenvalue weighted by Crippen LogP contribution is -2.42. The molecule has 7 nitrogen and oxygen atoms in total. The minimum absolute atomic E-state index is 0.364. The van der Waals surface area contributed by atoms with Gasteiger partial charge in [-0.25, -0.2) is 14.5 Å². The fourth-order valence-electron chi connectivity index (χ4n) is 4.61. The predicted octanol–water partition coefficient (Wildman–Crippen LogP) is 3.36. The van der Waals surface area contributed by atoms with Crippen LogP contribution in [0.2, 0.25) is 0 Å². The Bertz CT molecular complexity index is 1090. The third kappa shape index (κ3) is 3.03. The molecule has 0 N–H and O–H groups in total. The number of methoxy groups -OCH3 is 1. The van der Waals surface area contributed by atoms with Crippen LogP contribution >= 0.6 is 0 Å². The molecule has 3 atom stereocenters. The molecule has 2 aromatic rings. The van der Waals surface area contributed by atoms with Gasteiger partial charge in [-0.3, -0.25) is 9.59 Å². The second kappa shape index (κ2) is 7.04. The molecule has 0 unspecified atom stereocenters. The molecule has 1 fully saturated rings. The van der Waals surface area contributed by atoms with Gasteiger partial charge in [-0.15, -0.1) is 0 Å². The summed E-state index contributed by atoms with van der Waals surface area (Å²) in [6.07, 6.45) is -0.815. The Morgan fingerprint density at radius 2 is 1.58 bits per heavy atom. The second-order valence-corrected chi connectivity index (χ2v) is 8.73. The number of carbonyl (C=O) groups excluding carboxylic acids is 4. The van der Waals surface area contributed by atoms with Crippen LogP contribution in [-0.2, 0) is 29.3 Å². The molecule has 0 saturated heterocycles. The van der Waals surface area contributed by atoms with Gasteiger partial charge < -0.3 is 9.47 Å². The number of anilines is 1. The van der Waals surface area contributed by atoms with Gasteiger partial charge in [0.1, 0.15) is 5.60 Å². The van der Waals surface area contributed by atoms with Crippen LogP contribution in [0, 0.1) is 5.92 Å². The van der Waals surface area contributed by atoms with Crippen LogP contribution < -0.4 is 4.90 Å². The van der Waals surface area contributed by atoms with Crippen LogP contribution in [0.25, 0.3) is 0 Å². The van der Waals surface area contributed by atoms with Crippen LogP contribution in [0.4, 0.5) is 10.5 Å². The molecule has 2 aromatic carbocycles. The quantitative estimate of drug-likeness (QED) is 0.558. The average molecular weight is 421 g/mol. The van der Waals surface area contributed by atoms with Gasteiger partial charge in [0, 0.05) is 5.92 Å². The van der Waals surface area contributed by atoms with Crippen molar-refractivity contribution in [3.8, 4) is 0 Å². The number of benzene rings is 2. The van der Waals surface area contributed by atoms with Crippen molar-refractivity contribution in [2.45, 2.75) is 37.7 Å². The van der Waals surface area contributed by atoms with E-state index in [1.165, 1.54) is 0 Å². The maximum atomic E-state index is 13.8. The van der Waals surface area contributed by atoms with Crippen molar-refractivity contribution in [1.29, 1.82) is 0 Å². The highest BCUT2D eigenvalue weighted by molar-refractivity contribution is 6.39. The predicted molar refractivity (Wildman–Crippen MR) is 112 cm³/mol. The molecule has 0 radical (unpaired) electrons. The van der Waals surface area contributed by atoms with Gasteiger partial charge in [-0.2, -0.15) is 0 Å². The van der Waals surface area contributed by atoms with E-state index in [1.807, 2.05) is 18.2 Å². The van der Waals surface area contributed by atoms with E-state index in [4.69, 9.17) is 4.74 Å². The first-order valence-corrected chi connectivity index (χ1v) is 9.98. The first-order chi connectivity index (χ1) is 14.6. The van der Waals surface area contributed by atoms with E-state index in [-0.39, 0.29) is 0 Å². The summed E-state index contributed by atoms with van der Waals surface area (Å²) in [4.78, 5) is 52.9. The van der Waals surface area contributed by atoms with Gasteiger partial charge in [0.05, 0.1) is 24.1 Å². The first-order valence-electron chi connectivity index (χ1n) is 9.98. The summed E-state index contributed by atoms with van der Waals surface area (Å²) in [5.41, 5.74) is -0.546. The number of hydrogen-bond donors (Lipinski definition) is 0. The Balaban J connectivity index is 1.87. The van der Waals surface area contributed by atoms with Crippen LogP contribution in [0.3, 0.4) is 0 Å². The molecular formula is C24H23NO6. The lowest BCUT2D eigenvalue weighted by molar-refractivity contribution is -0.152. The Labute approximate surface area is 179 Å². The van der Waals surface area contributed by atoms with Gasteiger partial charge in [-0.1, -0.05) is 48.5 Å². The van der Waals surface area contributed by atoms with E-state index in [9.17, 15) is 19.2 Å². The maximum Gasteiger partial charge on any atom is 0.421 e. The lowest BCUT2D eigenvalue weighted by atomic mass is 9.90. The zero-order valence-corrected chi connectivity index (χ0v) is 17.7. The Morgan fingerprint density at radius 1 is 0.968 bits per heavy atom. The molecule has 2 aliphatic rings. The number of esters is 1. The Kier molecular flexibility index (Phi) is 4.72. The SMILES string of the molecule is COC(=O)C(=O)[C@H]1[C@H](c2ccccc2)[C@]12C(=O)N(C(=O)OC(C)(C)C)c1ccccc12. The number of carbonyl (C=O) groups is 4. The number of para-hydroxylation sites is 1. The average Bonchev–Trinajstić information content (AvgIpc) is 3.36. The highest BCUT2D eigenvalue weighted by atomic mass is 16.6. The molecule has 1 aliphatic heterocycles. The van der Waals surface area contributed by atoms with Gasteiger partial charge in [-0.05, 0) is 38.0 Å². The normalized spacial score (nSPS) is 24.0. The van der Waals surface area contributed by atoms with Crippen molar-refractivity contribution in [1.82, 2.24) is 0 Å². The molecule has 1 heterocycles. The van der Waals surface area contributed by atoms with Crippen LogP contribution in [-0.4, -0.2) is 36.5 Å². The number of hydrogen-bond acceptors (Lipinski definition) is 6. The smallest absolute Gasteiger partial charge is 0.421 e. The van der Waals surface area contributed by atoms with E-state index in [1.54, 1.807) is 57.2 Å². The summed E-state index contributed by atoms with van der Waals surface area (Å²) < 4.78 is 10.1. The fraction of sp³-hybridized carbons (Fsp3) is 0.333. The van der Waals surface area contributed by atoms with E-state index >= 15 is 0 Å². The van der Waals surface area contributed by atoms with Crippen molar-refractivity contribution < 1.29 is 28.7 Å². The molecular weight excluding hydrogens is 398 g/mol. The maximum absolute atomic E-state index is 13.8. The van der Waals surface area contributed by atoms with Crippen LogP contribution in [0.1, 0.15) is 37.8 Å². The summed E-state index contributed by atoms with van der Waals surface area (Å²) in [6, 6.07) is 15.9. The minimum Gasteiger partial charge on any atom is -0.463 e. The number of ketones is 1. The van der Waals surface area contributed by atoms with Crippen molar-refractivity contribution in [3.63, 3.8) is 0 Å². The van der Waals surface area contributed by atoms with Crippen LogP contribution in [0.15, 0.2) is 54.6 Å². The van der Waals surface area contributed by atoms with Crippen molar-refractivity contribution in [2.24, 2.45) is 5.92 Å². The Hall–Kier alpha value is -3.48. The number of fused-ring (bicyclic) bond motifs is 2. The molecule has 1 saturated carbocycles. The van der Waals surface area contributed by atoms with Gasteiger partial charge in [0.15, 0.2) is 0 Å². The summed E-state index contributed by atoms with van der Waals surface area (Å²) in [5, 5.41) is 0. The van der Waals surface area contributed by atoms with E-state index in [0.29, 0.717) is 11.3 Å². The van der Waals surface area contributed by atoms with E-state index in [2.05, 4.69) is 4.74 Å². The lowest BCUT2D eigenvalue weighted by Gasteiger charge is -2.24. The molecule has 0 aromatic heterocycles. The number of ether oxygens (including phenoxy) is 2. The number of nitrogens with zero attached hydrogens (tertiary/aromatic N) is 1. The van der Waals surface area contributed by atoms with E-state index in [0.717, 1.165) is 17.6 Å². The zero-order valence-electron chi connectivity index (χ0n) is 17.7. The summed E-state index contributed by atoms with van der Waals surface area (Å²) in [6.45, 7) is 5.13. The second-order valence-electron chi connectivity index (χ2n) is 8.73. The number of rotatable bonds is 3. The molecule has 2 amide bonds. The Morgan fingerprint density at radius 3 is 2.19 bits per heavy atom. The molecule has 160 valence electrons. The van der Waals surface area contributed by atoms with E-state index < -0.39 is 46.6 Å². The highest BCUT2D eigenvalue weighted by Crippen LogP contribution is 2.71. The van der Waals surface area contributed by atoms with Crippen LogP contribution in [0.5, 0.6) is 0 Å². The van der Waals surface area contributed by atoms with Gasteiger partial charge >= 0.3 is 12.1 Å². The third-order valence-electron chi connectivity index (χ3n) is 5.76. The molecule has 31 heavy (non-hydrogen) atoms. The number of amides is 2. The summed E-state index contributed by atoms with van der Waals surface area (Å²) in [7, 11) is 1.13. The molecule has 1 aliphatic carbocycles. The van der Waals surface area contributed by atoms with Crippen molar-refractivity contribution >= 4 is 29.4 Å². The van der Waals surface area contributed by atoms with Gasteiger partial charge in [0.25, 0.3) is 0 Å². The standard InChI is InChI=1S/C24H23NO6/c1-23(2,3)31-22(29)25-16-13-9-8-12-15(16)24(21(25)28)17(14-10-6-5-7-11-14)18(24)19(26)20(27)30-4/h5-13,17-18H,1-4H3/t17-,18+,24-/m0/s1. The highest BCUT2D eigenvalue weighted by Gasteiger charge is 2.79.